The van der Waals surface area contributed by atoms with Gasteiger partial charge in [-0.15, -0.1) is 0 Å². The second kappa shape index (κ2) is 6.63. The zero-order valence-electron chi connectivity index (χ0n) is 12.9. The van der Waals surface area contributed by atoms with Crippen molar-refractivity contribution in [2.45, 2.75) is 45.1 Å². The summed E-state index contributed by atoms with van der Waals surface area (Å²) in [7, 11) is 1.89. The molecule has 0 fully saturated rings. The van der Waals surface area contributed by atoms with Crippen LogP contribution in [0.2, 0.25) is 5.02 Å². The average molecular weight is 307 g/mol. The van der Waals surface area contributed by atoms with E-state index in [1.54, 1.807) is 4.68 Å². The van der Waals surface area contributed by atoms with E-state index in [9.17, 15) is 5.11 Å². The van der Waals surface area contributed by atoms with Crippen LogP contribution in [0.4, 0.5) is 0 Å². The first-order valence-corrected chi connectivity index (χ1v) is 7.87. The third-order valence-electron chi connectivity index (χ3n) is 3.94. The molecule has 0 aliphatic rings. The zero-order valence-corrected chi connectivity index (χ0v) is 13.7. The molecule has 3 nitrogen and oxygen atoms in total. The fraction of sp³-hybridized carbons (Fsp3) is 0.471. The molecule has 0 bridgehead atoms. The number of hydrogen-bond acceptors (Lipinski definition) is 2. The highest BCUT2D eigenvalue weighted by Gasteiger charge is 2.31. The molecule has 0 saturated carbocycles. The van der Waals surface area contributed by atoms with Gasteiger partial charge in [0.05, 0.1) is 22.0 Å². The molecular formula is C17H23ClN2O. The number of rotatable bonds is 6. The Kier molecular flexibility index (Phi) is 5.07. The van der Waals surface area contributed by atoms with Gasteiger partial charge >= 0.3 is 0 Å². The van der Waals surface area contributed by atoms with E-state index in [4.69, 9.17) is 11.6 Å². The Bertz CT molecular complexity index is 594. The first-order valence-electron chi connectivity index (χ1n) is 7.50. The van der Waals surface area contributed by atoms with Crippen molar-refractivity contribution in [2.24, 2.45) is 7.05 Å². The molecule has 0 saturated heterocycles. The van der Waals surface area contributed by atoms with Crippen molar-refractivity contribution in [3.05, 3.63) is 52.3 Å². The number of benzene rings is 1. The Morgan fingerprint density at radius 1 is 1.24 bits per heavy atom. The lowest BCUT2D eigenvalue weighted by Gasteiger charge is -2.28. The number of halogens is 1. The second-order valence-electron chi connectivity index (χ2n) is 5.51. The Morgan fingerprint density at radius 2 is 1.90 bits per heavy atom. The van der Waals surface area contributed by atoms with E-state index in [0.717, 1.165) is 29.8 Å². The third kappa shape index (κ3) is 3.30. The van der Waals surface area contributed by atoms with Gasteiger partial charge in [0.1, 0.15) is 0 Å². The van der Waals surface area contributed by atoms with Crippen LogP contribution in [0.5, 0.6) is 0 Å². The van der Waals surface area contributed by atoms with E-state index in [-0.39, 0.29) is 0 Å². The van der Waals surface area contributed by atoms with Gasteiger partial charge in [0.15, 0.2) is 0 Å². The third-order valence-corrected chi connectivity index (χ3v) is 4.37. The summed E-state index contributed by atoms with van der Waals surface area (Å²) in [6, 6.07) is 9.82. The van der Waals surface area contributed by atoms with E-state index in [1.807, 2.05) is 44.3 Å². The molecule has 0 spiro atoms. The first-order chi connectivity index (χ1) is 10.0. The van der Waals surface area contributed by atoms with Crippen LogP contribution >= 0.6 is 11.6 Å². The fourth-order valence-electron chi connectivity index (χ4n) is 2.79. The molecule has 1 heterocycles. The van der Waals surface area contributed by atoms with Crippen molar-refractivity contribution in [1.82, 2.24) is 9.78 Å². The lowest BCUT2D eigenvalue weighted by Crippen LogP contribution is -2.29. The van der Waals surface area contributed by atoms with E-state index >= 15 is 0 Å². The highest BCUT2D eigenvalue weighted by molar-refractivity contribution is 6.31. The topological polar surface area (TPSA) is 38.1 Å². The van der Waals surface area contributed by atoms with E-state index in [1.165, 1.54) is 0 Å². The lowest BCUT2D eigenvalue weighted by molar-refractivity contribution is 0.0251. The van der Waals surface area contributed by atoms with Gasteiger partial charge in [-0.2, -0.15) is 5.10 Å². The van der Waals surface area contributed by atoms with Crippen molar-refractivity contribution in [3.63, 3.8) is 0 Å². The number of aromatic nitrogens is 2. The van der Waals surface area contributed by atoms with Crippen molar-refractivity contribution in [2.75, 3.05) is 0 Å². The van der Waals surface area contributed by atoms with Gasteiger partial charge < -0.3 is 5.11 Å². The summed E-state index contributed by atoms with van der Waals surface area (Å²) in [4.78, 5) is 0. The molecule has 1 aromatic heterocycles. The molecule has 0 aliphatic carbocycles. The number of aryl methyl sites for hydroxylation is 2. The first kappa shape index (κ1) is 16.1. The average Bonchev–Trinajstić information content (AvgIpc) is 2.76. The van der Waals surface area contributed by atoms with Gasteiger partial charge in [-0.1, -0.05) is 62.2 Å². The molecule has 1 aromatic carbocycles. The van der Waals surface area contributed by atoms with Crippen LogP contribution in [0.3, 0.4) is 0 Å². The lowest BCUT2D eigenvalue weighted by atomic mass is 9.85. The smallest absolute Gasteiger partial charge is 0.0952 e. The summed E-state index contributed by atoms with van der Waals surface area (Å²) in [5.41, 5.74) is 1.81. The predicted molar refractivity (Wildman–Crippen MR) is 86.5 cm³/mol. The van der Waals surface area contributed by atoms with Gasteiger partial charge in [0.2, 0.25) is 0 Å². The maximum atomic E-state index is 11.2. The Labute approximate surface area is 131 Å². The molecule has 2 aromatic rings. The van der Waals surface area contributed by atoms with Gasteiger partial charge in [-0.3, -0.25) is 4.68 Å². The summed E-state index contributed by atoms with van der Waals surface area (Å²) in [6.07, 6.45) is 2.87. The van der Waals surface area contributed by atoms with Crippen LogP contribution in [-0.4, -0.2) is 14.9 Å². The summed E-state index contributed by atoms with van der Waals surface area (Å²) in [5.74, 6) is 0. The van der Waals surface area contributed by atoms with E-state index in [0.29, 0.717) is 17.9 Å². The largest absolute Gasteiger partial charge is 0.385 e. The van der Waals surface area contributed by atoms with Crippen LogP contribution in [0, 0.1) is 0 Å². The predicted octanol–water partition coefficient (Wildman–Crippen LogP) is 3.87. The minimum Gasteiger partial charge on any atom is -0.385 e. The Balaban J connectivity index is 2.39. The molecule has 4 heteroatoms. The number of nitrogens with zero attached hydrogens (tertiary/aromatic N) is 2. The molecule has 21 heavy (non-hydrogen) atoms. The molecule has 1 unspecified atom stereocenters. The number of aliphatic hydroxyl groups is 1. The molecule has 0 aliphatic heterocycles. The summed E-state index contributed by atoms with van der Waals surface area (Å²) in [6.45, 7) is 4.11. The monoisotopic (exact) mass is 306 g/mol. The van der Waals surface area contributed by atoms with Gasteiger partial charge in [0.25, 0.3) is 0 Å². The molecule has 0 amide bonds. The highest BCUT2D eigenvalue weighted by atomic mass is 35.5. The second-order valence-corrected chi connectivity index (χ2v) is 5.89. The SMILES string of the molecule is CCCC(O)(Cc1c(Cl)c(CC)nn1C)c1ccccc1. The molecule has 114 valence electrons. The van der Waals surface area contributed by atoms with Crippen molar-refractivity contribution in [1.29, 1.82) is 0 Å². The Hall–Kier alpha value is -1.32. The minimum atomic E-state index is -0.904. The zero-order chi connectivity index (χ0) is 15.5. The Morgan fingerprint density at radius 3 is 2.43 bits per heavy atom. The van der Waals surface area contributed by atoms with Crippen molar-refractivity contribution in [3.8, 4) is 0 Å². The van der Waals surface area contributed by atoms with Crippen molar-refractivity contribution >= 4 is 11.6 Å². The normalized spacial score (nSPS) is 14.1. The van der Waals surface area contributed by atoms with E-state index < -0.39 is 5.60 Å². The van der Waals surface area contributed by atoms with Crippen LogP contribution in [0.1, 0.15) is 43.6 Å². The molecule has 1 atom stereocenters. The molecule has 2 rings (SSSR count). The van der Waals surface area contributed by atoms with Gasteiger partial charge in [0, 0.05) is 13.5 Å². The van der Waals surface area contributed by atoms with E-state index in [2.05, 4.69) is 12.0 Å². The van der Waals surface area contributed by atoms with Crippen LogP contribution in [0.25, 0.3) is 0 Å². The maximum Gasteiger partial charge on any atom is 0.0952 e. The summed E-state index contributed by atoms with van der Waals surface area (Å²) < 4.78 is 1.80. The molecule has 0 radical (unpaired) electrons. The highest BCUT2D eigenvalue weighted by Crippen LogP contribution is 2.33. The quantitative estimate of drug-likeness (QED) is 0.880. The maximum absolute atomic E-state index is 11.2. The van der Waals surface area contributed by atoms with Crippen LogP contribution in [-0.2, 0) is 25.5 Å². The van der Waals surface area contributed by atoms with Crippen LogP contribution < -0.4 is 0 Å². The molecule has 1 N–H and O–H groups in total. The molecular weight excluding hydrogens is 284 g/mol. The van der Waals surface area contributed by atoms with Gasteiger partial charge in [-0.25, -0.2) is 0 Å². The summed E-state index contributed by atoms with van der Waals surface area (Å²) >= 11 is 6.43. The van der Waals surface area contributed by atoms with Crippen molar-refractivity contribution < 1.29 is 5.11 Å². The minimum absolute atomic E-state index is 0.479. The van der Waals surface area contributed by atoms with Crippen LogP contribution in [0.15, 0.2) is 30.3 Å². The summed E-state index contributed by atoms with van der Waals surface area (Å²) in [5, 5.41) is 16.3. The fourth-order valence-corrected chi connectivity index (χ4v) is 3.15. The standard InChI is InChI=1S/C17H23ClN2O/c1-4-11-17(21,13-9-7-6-8-10-13)12-15-16(18)14(5-2)19-20(15)3/h6-10,21H,4-5,11-12H2,1-3H3. The number of hydrogen-bond donors (Lipinski definition) is 1. The van der Waals surface area contributed by atoms with Gasteiger partial charge in [-0.05, 0) is 18.4 Å².